The summed E-state index contributed by atoms with van der Waals surface area (Å²) in [7, 11) is 1.58. The topological polar surface area (TPSA) is 41.5 Å². The molecule has 1 aromatic carbocycles. The summed E-state index contributed by atoms with van der Waals surface area (Å²) in [5.74, 6) is 0.354. The second kappa shape index (κ2) is 5.38. The van der Waals surface area contributed by atoms with Gasteiger partial charge in [-0.05, 0) is 65.2 Å². The lowest BCUT2D eigenvalue weighted by Gasteiger charge is -2.23. The van der Waals surface area contributed by atoms with Crippen LogP contribution in [-0.4, -0.2) is 12.2 Å². The Morgan fingerprint density at radius 1 is 1.29 bits per heavy atom. The van der Waals surface area contributed by atoms with E-state index in [1.165, 1.54) is 29.5 Å². The number of hydrogen-bond acceptors (Lipinski definition) is 3. The van der Waals surface area contributed by atoms with E-state index in [0.29, 0.717) is 12.3 Å². The molecule has 94 valence electrons. The predicted molar refractivity (Wildman–Crippen MR) is 71.0 cm³/mol. The number of hydrogen-bond donors (Lipinski definition) is 2. The first-order chi connectivity index (χ1) is 8.16. The third kappa shape index (κ3) is 2.34. The van der Waals surface area contributed by atoms with E-state index in [4.69, 9.17) is 4.84 Å². The smallest absolute Gasteiger partial charge is 0.134 e. The van der Waals surface area contributed by atoms with Crippen LogP contribution in [0, 0.1) is 6.92 Å². The van der Waals surface area contributed by atoms with E-state index in [-0.39, 0.29) is 0 Å². The number of benzene rings is 1. The van der Waals surface area contributed by atoms with E-state index in [1.807, 2.05) is 0 Å². The normalized spacial score (nSPS) is 14.8. The number of halogens is 1. The number of fused-ring (bicyclic) bond motifs is 1. The maximum Gasteiger partial charge on any atom is 0.134 e. The van der Waals surface area contributed by atoms with Gasteiger partial charge in [0.2, 0.25) is 0 Å². The van der Waals surface area contributed by atoms with Crippen LogP contribution in [0.25, 0.3) is 0 Å². The molecule has 0 atom stereocenters. The van der Waals surface area contributed by atoms with Gasteiger partial charge >= 0.3 is 0 Å². The first-order valence-electron chi connectivity index (χ1n) is 5.94. The molecule has 0 bridgehead atoms. The molecule has 0 amide bonds. The van der Waals surface area contributed by atoms with E-state index >= 15 is 0 Å². The molecule has 0 aliphatic heterocycles. The van der Waals surface area contributed by atoms with Crippen molar-refractivity contribution in [3.8, 4) is 5.75 Å². The van der Waals surface area contributed by atoms with Crippen molar-refractivity contribution in [2.24, 2.45) is 0 Å². The van der Waals surface area contributed by atoms with Gasteiger partial charge < -0.3 is 9.94 Å². The largest absolute Gasteiger partial charge is 0.506 e. The van der Waals surface area contributed by atoms with E-state index in [9.17, 15) is 5.11 Å². The molecule has 1 aliphatic rings. The molecule has 0 fully saturated rings. The lowest BCUT2D eigenvalue weighted by Crippen LogP contribution is -2.15. The maximum atomic E-state index is 10.2. The van der Waals surface area contributed by atoms with Gasteiger partial charge in [0.05, 0.1) is 11.6 Å². The Morgan fingerprint density at radius 2 is 1.94 bits per heavy atom. The number of phenols is 1. The highest BCUT2D eigenvalue weighted by Crippen LogP contribution is 2.40. The lowest BCUT2D eigenvalue weighted by atomic mass is 9.86. The summed E-state index contributed by atoms with van der Waals surface area (Å²) < 4.78 is 0.866. The minimum absolute atomic E-state index is 0.354. The highest BCUT2D eigenvalue weighted by Gasteiger charge is 2.21. The number of phenolic OH excluding ortho intramolecular Hbond substituents is 1. The summed E-state index contributed by atoms with van der Waals surface area (Å²) in [6.45, 7) is 2.61. The van der Waals surface area contributed by atoms with E-state index in [0.717, 1.165) is 22.9 Å². The van der Waals surface area contributed by atoms with E-state index < -0.39 is 0 Å². The van der Waals surface area contributed by atoms with E-state index in [2.05, 4.69) is 28.3 Å². The van der Waals surface area contributed by atoms with Gasteiger partial charge in [-0.25, -0.2) is 0 Å². The first kappa shape index (κ1) is 12.9. The van der Waals surface area contributed by atoms with Crippen molar-refractivity contribution in [2.45, 2.75) is 39.2 Å². The quantitative estimate of drug-likeness (QED) is 0.843. The Bertz CT molecular complexity index is 432. The Kier molecular flexibility index (Phi) is 4.07. The molecule has 0 heterocycles. The lowest BCUT2D eigenvalue weighted by molar-refractivity contribution is 0.0859. The zero-order valence-corrected chi connectivity index (χ0v) is 11.9. The average Bonchev–Trinajstić information content (AvgIpc) is 2.36. The molecule has 2 N–H and O–H groups in total. The van der Waals surface area contributed by atoms with Gasteiger partial charge in [-0.2, -0.15) is 5.48 Å². The fourth-order valence-corrected chi connectivity index (χ4v) is 3.23. The van der Waals surface area contributed by atoms with Crippen molar-refractivity contribution in [3.05, 3.63) is 26.7 Å². The van der Waals surface area contributed by atoms with Gasteiger partial charge in [0.25, 0.3) is 0 Å². The zero-order valence-electron chi connectivity index (χ0n) is 10.3. The van der Waals surface area contributed by atoms with Crippen molar-refractivity contribution in [1.82, 2.24) is 5.48 Å². The van der Waals surface area contributed by atoms with Crippen LogP contribution in [0.1, 0.15) is 35.1 Å². The Morgan fingerprint density at radius 3 is 2.59 bits per heavy atom. The number of aromatic hydroxyl groups is 1. The van der Waals surface area contributed by atoms with Crippen molar-refractivity contribution >= 4 is 15.9 Å². The minimum Gasteiger partial charge on any atom is -0.506 e. The number of nitrogens with one attached hydrogen (secondary N) is 1. The molecule has 17 heavy (non-hydrogen) atoms. The average molecular weight is 300 g/mol. The molecule has 0 radical (unpaired) electrons. The van der Waals surface area contributed by atoms with Crippen molar-refractivity contribution in [3.63, 3.8) is 0 Å². The molecule has 0 unspecified atom stereocenters. The van der Waals surface area contributed by atoms with Crippen LogP contribution in [0.5, 0.6) is 5.75 Å². The third-order valence-corrected chi connectivity index (χ3v) is 4.38. The van der Waals surface area contributed by atoms with E-state index in [1.54, 1.807) is 7.11 Å². The highest BCUT2D eigenvalue weighted by atomic mass is 79.9. The summed E-state index contributed by atoms with van der Waals surface area (Å²) in [5, 5.41) is 10.2. The fraction of sp³-hybridized carbons (Fsp3) is 0.538. The van der Waals surface area contributed by atoms with Crippen molar-refractivity contribution < 1.29 is 9.94 Å². The summed E-state index contributed by atoms with van der Waals surface area (Å²) in [5.41, 5.74) is 7.61. The van der Waals surface area contributed by atoms with Gasteiger partial charge in [-0.15, -0.1) is 0 Å². The van der Waals surface area contributed by atoms with Crippen LogP contribution in [0.4, 0.5) is 0 Å². The molecule has 3 nitrogen and oxygen atoms in total. The van der Waals surface area contributed by atoms with Crippen LogP contribution in [-0.2, 0) is 24.2 Å². The Labute approximate surface area is 110 Å². The zero-order chi connectivity index (χ0) is 12.4. The standard InChI is InChI=1S/C13H18BrNO2/c1-8-9-5-3-4-6-10(9)12(14)13(16)11(8)7-15-17-2/h15-16H,3-7H2,1-2H3. The van der Waals surface area contributed by atoms with Crippen LogP contribution in [0.2, 0.25) is 0 Å². The summed E-state index contributed by atoms with van der Waals surface area (Å²) in [6.07, 6.45) is 4.62. The monoisotopic (exact) mass is 299 g/mol. The van der Waals surface area contributed by atoms with Crippen LogP contribution in [0.3, 0.4) is 0 Å². The number of hydroxylamine groups is 1. The molecule has 4 heteroatoms. The summed E-state index contributed by atoms with van der Waals surface area (Å²) in [6, 6.07) is 0. The third-order valence-electron chi connectivity index (χ3n) is 3.53. The van der Waals surface area contributed by atoms with Crippen molar-refractivity contribution in [2.75, 3.05) is 7.11 Å². The molecule has 1 aliphatic carbocycles. The van der Waals surface area contributed by atoms with Gasteiger partial charge in [-0.1, -0.05) is 0 Å². The van der Waals surface area contributed by atoms with Crippen LogP contribution >= 0.6 is 15.9 Å². The molecule has 0 saturated heterocycles. The summed E-state index contributed by atoms with van der Waals surface area (Å²) >= 11 is 3.52. The van der Waals surface area contributed by atoms with Crippen LogP contribution in [0.15, 0.2) is 4.47 Å². The highest BCUT2D eigenvalue weighted by molar-refractivity contribution is 9.10. The minimum atomic E-state index is 0.354. The molecule has 2 rings (SSSR count). The van der Waals surface area contributed by atoms with Crippen molar-refractivity contribution in [1.29, 1.82) is 0 Å². The van der Waals surface area contributed by atoms with Gasteiger partial charge in [0.1, 0.15) is 5.75 Å². The summed E-state index contributed by atoms with van der Waals surface area (Å²) in [4.78, 5) is 4.86. The van der Waals surface area contributed by atoms with Crippen LogP contribution < -0.4 is 5.48 Å². The SMILES string of the molecule is CONCc1c(C)c2c(c(Br)c1O)CCCC2. The second-order valence-electron chi connectivity index (χ2n) is 4.46. The Balaban J connectivity index is 2.49. The maximum absolute atomic E-state index is 10.2. The van der Waals surface area contributed by atoms with Gasteiger partial charge in [0, 0.05) is 12.1 Å². The van der Waals surface area contributed by atoms with Gasteiger partial charge in [-0.3, -0.25) is 0 Å². The molecule has 1 aromatic rings. The Hall–Kier alpha value is -0.580. The molecule has 0 spiro atoms. The van der Waals surface area contributed by atoms with Gasteiger partial charge in [0.15, 0.2) is 0 Å². The second-order valence-corrected chi connectivity index (χ2v) is 5.25. The molecular weight excluding hydrogens is 282 g/mol. The molecular formula is C13H18BrNO2. The molecule has 0 saturated carbocycles. The predicted octanol–water partition coefficient (Wildman–Crippen LogP) is 2.99. The fourth-order valence-electron chi connectivity index (χ4n) is 2.56. The molecule has 0 aromatic heterocycles. The first-order valence-corrected chi connectivity index (χ1v) is 6.73. The number of rotatable bonds is 3.